The van der Waals surface area contributed by atoms with Crippen LogP contribution in [0.3, 0.4) is 0 Å². The third-order valence-corrected chi connectivity index (χ3v) is 4.26. The molecule has 0 atom stereocenters. The third kappa shape index (κ3) is 2.55. The number of carbonyl (C=O) groups excluding carboxylic acids is 1. The van der Waals surface area contributed by atoms with E-state index in [0.717, 1.165) is 31.6 Å². The standard InChI is InChI=1S/C14H20N6O/c1-14(2,20-10-15-9-17-20)13(21)19-7-4-11(5-8-19)12-3-6-16-18-12/h3,6,9-11H,4-5,7-8H2,1-2H3,(H,16,18). The van der Waals surface area contributed by atoms with Crippen molar-refractivity contribution in [2.75, 3.05) is 13.1 Å². The van der Waals surface area contributed by atoms with Crippen molar-refractivity contribution in [1.82, 2.24) is 29.9 Å². The molecule has 21 heavy (non-hydrogen) atoms. The Morgan fingerprint density at radius 2 is 2.14 bits per heavy atom. The molecule has 0 unspecified atom stereocenters. The Balaban J connectivity index is 1.65. The molecule has 0 aliphatic carbocycles. The highest BCUT2D eigenvalue weighted by molar-refractivity contribution is 5.83. The number of amides is 1. The minimum absolute atomic E-state index is 0.0936. The van der Waals surface area contributed by atoms with Gasteiger partial charge < -0.3 is 4.90 Å². The summed E-state index contributed by atoms with van der Waals surface area (Å²) in [5.41, 5.74) is 0.467. The Bertz CT molecular complexity index is 581. The van der Waals surface area contributed by atoms with E-state index < -0.39 is 5.54 Å². The normalized spacial score (nSPS) is 17.1. The number of aromatic amines is 1. The van der Waals surface area contributed by atoms with Gasteiger partial charge in [0, 0.05) is 30.9 Å². The summed E-state index contributed by atoms with van der Waals surface area (Å²) in [6, 6.07) is 2.02. The first kappa shape index (κ1) is 13.8. The minimum atomic E-state index is -0.697. The quantitative estimate of drug-likeness (QED) is 0.918. The zero-order valence-electron chi connectivity index (χ0n) is 12.4. The topological polar surface area (TPSA) is 79.7 Å². The number of carbonyl (C=O) groups is 1. The van der Waals surface area contributed by atoms with Gasteiger partial charge in [-0.25, -0.2) is 9.67 Å². The van der Waals surface area contributed by atoms with Crippen LogP contribution in [-0.4, -0.2) is 48.9 Å². The van der Waals surface area contributed by atoms with Crippen molar-refractivity contribution in [3.63, 3.8) is 0 Å². The first-order valence-corrected chi connectivity index (χ1v) is 7.23. The zero-order valence-corrected chi connectivity index (χ0v) is 12.4. The van der Waals surface area contributed by atoms with Crippen molar-refractivity contribution in [2.24, 2.45) is 0 Å². The molecular formula is C14H20N6O. The van der Waals surface area contributed by atoms with Crippen LogP contribution in [0.15, 0.2) is 24.9 Å². The number of hydrogen-bond donors (Lipinski definition) is 1. The van der Waals surface area contributed by atoms with Gasteiger partial charge in [-0.2, -0.15) is 10.2 Å². The van der Waals surface area contributed by atoms with E-state index in [1.54, 1.807) is 17.2 Å². The summed E-state index contributed by atoms with van der Waals surface area (Å²) >= 11 is 0. The zero-order chi connectivity index (χ0) is 14.9. The molecule has 3 heterocycles. The number of likely N-dealkylation sites (tertiary alicyclic amines) is 1. The second kappa shape index (κ2) is 5.31. The predicted molar refractivity (Wildman–Crippen MR) is 76.5 cm³/mol. The van der Waals surface area contributed by atoms with E-state index >= 15 is 0 Å². The molecule has 1 amide bonds. The van der Waals surface area contributed by atoms with Crippen molar-refractivity contribution >= 4 is 5.91 Å². The molecule has 1 fully saturated rings. The fraction of sp³-hybridized carbons (Fsp3) is 0.571. The van der Waals surface area contributed by atoms with Crippen LogP contribution in [0.1, 0.15) is 38.3 Å². The number of piperidine rings is 1. The minimum Gasteiger partial charge on any atom is -0.341 e. The van der Waals surface area contributed by atoms with E-state index in [0.29, 0.717) is 5.92 Å². The number of aromatic nitrogens is 5. The monoisotopic (exact) mass is 288 g/mol. The summed E-state index contributed by atoms with van der Waals surface area (Å²) in [4.78, 5) is 18.6. The molecule has 7 heteroatoms. The SMILES string of the molecule is CC(C)(C(=O)N1CCC(c2ccn[nH]2)CC1)n1cncn1. The summed E-state index contributed by atoms with van der Waals surface area (Å²) in [6.07, 6.45) is 6.75. The van der Waals surface area contributed by atoms with Gasteiger partial charge in [-0.15, -0.1) is 0 Å². The average Bonchev–Trinajstić information content (AvgIpc) is 3.19. The average molecular weight is 288 g/mol. The maximum Gasteiger partial charge on any atom is 0.250 e. The summed E-state index contributed by atoms with van der Waals surface area (Å²) < 4.78 is 1.62. The highest BCUT2D eigenvalue weighted by Crippen LogP contribution is 2.28. The van der Waals surface area contributed by atoms with E-state index in [2.05, 4.69) is 20.3 Å². The number of rotatable bonds is 3. The van der Waals surface area contributed by atoms with Crippen molar-refractivity contribution in [1.29, 1.82) is 0 Å². The number of nitrogens with one attached hydrogen (secondary N) is 1. The summed E-state index contributed by atoms with van der Waals surface area (Å²) in [5.74, 6) is 0.557. The Hall–Kier alpha value is -2.18. The van der Waals surface area contributed by atoms with Gasteiger partial charge in [0.25, 0.3) is 0 Å². The predicted octanol–water partition coefficient (Wildman–Crippen LogP) is 1.14. The van der Waals surface area contributed by atoms with Gasteiger partial charge in [-0.05, 0) is 32.8 Å². The molecular weight excluding hydrogens is 268 g/mol. The number of nitrogens with zero attached hydrogens (tertiary/aromatic N) is 5. The lowest BCUT2D eigenvalue weighted by molar-refractivity contribution is -0.140. The maximum absolute atomic E-state index is 12.7. The van der Waals surface area contributed by atoms with Gasteiger partial charge in [-0.3, -0.25) is 9.89 Å². The molecule has 1 aliphatic rings. The van der Waals surface area contributed by atoms with Gasteiger partial charge in [0.15, 0.2) is 0 Å². The molecule has 3 rings (SSSR count). The molecule has 7 nitrogen and oxygen atoms in total. The second-order valence-electron chi connectivity index (χ2n) is 5.98. The van der Waals surface area contributed by atoms with Crippen LogP contribution in [-0.2, 0) is 10.3 Å². The van der Waals surface area contributed by atoms with Crippen LogP contribution in [0.2, 0.25) is 0 Å². The molecule has 0 aromatic carbocycles. The molecule has 112 valence electrons. The Morgan fingerprint density at radius 3 is 2.71 bits per heavy atom. The van der Waals surface area contributed by atoms with Crippen molar-refractivity contribution in [2.45, 2.75) is 38.1 Å². The Kier molecular flexibility index (Phi) is 3.48. The summed E-state index contributed by atoms with van der Waals surface area (Å²) in [5, 5.41) is 11.1. The number of H-pyrrole nitrogens is 1. The van der Waals surface area contributed by atoms with Crippen molar-refractivity contribution < 1.29 is 4.79 Å². The molecule has 1 saturated heterocycles. The van der Waals surface area contributed by atoms with E-state index in [1.165, 1.54) is 6.33 Å². The lowest BCUT2D eigenvalue weighted by Gasteiger charge is -2.36. The lowest BCUT2D eigenvalue weighted by atomic mass is 9.92. The van der Waals surface area contributed by atoms with Gasteiger partial charge in [0.05, 0.1) is 0 Å². The second-order valence-corrected chi connectivity index (χ2v) is 5.98. The molecule has 0 radical (unpaired) electrons. The van der Waals surface area contributed by atoms with Gasteiger partial charge in [0.1, 0.15) is 18.2 Å². The lowest BCUT2D eigenvalue weighted by Crippen LogP contribution is -2.49. The van der Waals surface area contributed by atoms with Crippen molar-refractivity contribution in [3.8, 4) is 0 Å². The molecule has 1 aliphatic heterocycles. The Morgan fingerprint density at radius 1 is 1.38 bits per heavy atom. The maximum atomic E-state index is 12.7. The highest BCUT2D eigenvalue weighted by atomic mass is 16.2. The van der Waals surface area contributed by atoms with Crippen LogP contribution >= 0.6 is 0 Å². The van der Waals surface area contributed by atoms with Crippen LogP contribution in [0.5, 0.6) is 0 Å². The highest BCUT2D eigenvalue weighted by Gasteiger charge is 2.36. The van der Waals surface area contributed by atoms with E-state index in [-0.39, 0.29) is 5.91 Å². The van der Waals surface area contributed by atoms with E-state index in [4.69, 9.17) is 0 Å². The molecule has 0 bridgehead atoms. The summed E-state index contributed by atoms with van der Waals surface area (Å²) in [7, 11) is 0. The summed E-state index contributed by atoms with van der Waals surface area (Å²) in [6.45, 7) is 5.29. The van der Waals surface area contributed by atoms with Crippen LogP contribution in [0, 0.1) is 0 Å². The van der Waals surface area contributed by atoms with Crippen LogP contribution < -0.4 is 0 Å². The van der Waals surface area contributed by atoms with Crippen molar-refractivity contribution in [3.05, 3.63) is 30.6 Å². The van der Waals surface area contributed by atoms with Gasteiger partial charge in [-0.1, -0.05) is 0 Å². The third-order valence-electron chi connectivity index (χ3n) is 4.26. The fourth-order valence-electron chi connectivity index (χ4n) is 2.87. The Labute approximate surface area is 123 Å². The molecule has 2 aromatic rings. The largest absolute Gasteiger partial charge is 0.341 e. The first-order valence-electron chi connectivity index (χ1n) is 7.23. The van der Waals surface area contributed by atoms with Crippen LogP contribution in [0.4, 0.5) is 0 Å². The first-order chi connectivity index (χ1) is 10.1. The molecule has 0 spiro atoms. The smallest absolute Gasteiger partial charge is 0.250 e. The van der Waals surface area contributed by atoms with Gasteiger partial charge >= 0.3 is 0 Å². The molecule has 0 saturated carbocycles. The molecule has 1 N–H and O–H groups in total. The van der Waals surface area contributed by atoms with Gasteiger partial charge in [0.2, 0.25) is 5.91 Å². The van der Waals surface area contributed by atoms with E-state index in [1.807, 2.05) is 24.8 Å². The van der Waals surface area contributed by atoms with E-state index in [9.17, 15) is 4.79 Å². The number of hydrogen-bond acceptors (Lipinski definition) is 4. The molecule has 2 aromatic heterocycles. The van der Waals surface area contributed by atoms with Crippen LogP contribution in [0.25, 0.3) is 0 Å². The fourth-order valence-corrected chi connectivity index (χ4v) is 2.87.